The molecule has 4 heteroatoms. The van der Waals surface area contributed by atoms with Gasteiger partial charge in [-0.15, -0.1) is 0 Å². The zero-order valence-corrected chi connectivity index (χ0v) is 10.5. The van der Waals surface area contributed by atoms with Crippen LogP contribution in [0.2, 0.25) is 0 Å². The van der Waals surface area contributed by atoms with E-state index in [9.17, 15) is 0 Å². The van der Waals surface area contributed by atoms with Crippen LogP contribution in [0, 0.1) is 0 Å². The first-order chi connectivity index (χ1) is 7.25. The van der Waals surface area contributed by atoms with E-state index in [1.54, 1.807) is 6.20 Å². The maximum atomic E-state index is 4.11. The molecule has 0 radical (unpaired) electrons. The summed E-state index contributed by atoms with van der Waals surface area (Å²) in [6.45, 7) is 2.07. The van der Waals surface area contributed by atoms with E-state index in [2.05, 4.69) is 38.2 Å². The van der Waals surface area contributed by atoms with Crippen molar-refractivity contribution in [1.82, 2.24) is 9.88 Å². The summed E-state index contributed by atoms with van der Waals surface area (Å²) >= 11 is 3.40. The molecule has 1 saturated carbocycles. The van der Waals surface area contributed by atoms with Gasteiger partial charge in [-0.1, -0.05) is 0 Å². The molecule has 2 rings (SSSR count). The molecular weight excluding hydrogens is 254 g/mol. The summed E-state index contributed by atoms with van der Waals surface area (Å²) in [5.74, 6) is 0. The van der Waals surface area contributed by atoms with E-state index >= 15 is 0 Å². The van der Waals surface area contributed by atoms with Crippen molar-refractivity contribution in [2.24, 2.45) is 0 Å². The molecule has 15 heavy (non-hydrogen) atoms. The van der Waals surface area contributed by atoms with Gasteiger partial charge in [0.2, 0.25) is 0 Å². The van der Waals surface area contributed by atoms with E-state index in [0.717, 1.165) is 29.3 Å². The van der Waals surface area contributed by atoms with E-state index in [-0.39, 0.29) is 0 Å². The van der Waals surface area contributed by atoms with E-state index in [1.807, 2.05) is 12.3 Å². The van der Waals surface area contributed by atoms with Crippen LogP contribution in [-0.2, 0) is 0 Å². The summed E-state index contributed by atoms with van der Waals surface area (Å²) in [7, 11) is 2.19. The molecule has 0 aromatic carbocycles. The maximum Gasteiger partial charge on any atom is 0.0538 e. The molecule has 0 spiro atoms. The maximum absolute atomic E-state index is 4.11. The van der Waals surface area contributed by atoms with Crippen molar-refractivity contribution in [3.63, 3.8) is 0 Å². The van der Waals surface area contributed by atoms with Crippen LogP contribution in [-0.4, -0.2) is 36.1 Å². The highest BCUT2D eigenvalue weighted by Gasteiger charge is 2.25. The fourth-order valence-corrected chi connectivity index (χ4v) is 1.95. The summed E-state index contributed by atoms with van der Waals surface area (Å²) in [5, 5.41) is 3.36. The van der Waals surface area contributed by atoms with Crippen molar-refractivity contribution >= 4 is 21.6 Å². The lowest BCUT2D eigenvalue weighted by Crippen LogP contribution is -2.27. The largest absolute Gasteiger partial charge is 0.382 e. The Kier molecular flexibility index (Phi) is 3.59. The Bertz CT molecular complexity index is 325. The molecule has 1 fully saturated rings. The predicted molar refractivity (Wildman–Crippen MR) is 66.1 cm³/mol. The highest BCUT2D eigenvalue weighted by atomic mass is 79.9. The van der Waals surface area contributed by atoms with E-state index in [1.165, 1.54) is 12.8 Å². The lowest BCUT2D eigenvalue weighted by atomic mass is 10.4. The molecule has 1 aromatic heterocycles. The van der Waals surface area contributed by atoms with Crippen LogP contribution in [0.5, 0.6) is 0 Å². The van der Waals surface area contributed by atoms with Gasteiger partial charge in [0, 0.05) is 29.8 Å². The fourth-order valence-electron chi connectivity index (χ4n) is 1.58. The molecule has 1 aromatic rings. The van der Waals surface area contributed by atoms with Crippen LogP contribution in [0.1, 0.15) is 12.8 Å². The Labute approximate surface area is 99.0 Å². The topological polar surface area (TPSA) is 28.2 Å². The highest BCUT2D eigenvalue weighted by molar-refractivity contribution is 9.10. The third-order valence-electron chi connectivity index (χ3n) is 2.67. The minimum atomic E-state index is 0.840. The minimum absolute atomic E-state index is 0.840. The van der Waals surface area contributed by atoms with E-state index < -0.39 is 0 Å². The van der Waals surface area contributed by atoms with Gasteiger partial charge in [0.15, 0.2) is 0 Å². The first-order valence-corrected chi connectivity index (χ1v) is 6.09. The Balaban J connectivity index is 1.73. The van der Waals surface area contributed by atoms with Crippen LogP contribution in [0.25, 0.3) is 0 Å². The van der Waals surface area contributed by atoms with Gasteiger partial charge >= 0.3 is 0 Å². The number of nitrogens with one attached hydrogen (secondary N) is 1. The third-order valence-corrected chi connectivity index (χ3v) is 3.10. The molecule has 1 aliphatic carbocycles. The summed E-state index contributed by atoms with van der Waals surface area (Å²) in [6, 6.07) is 2.89. The quantitative estimate of drug-likeness (QED) is 0.890. The van der Waals surface area contributed by atoms with Gasteiger partial charge in [-0.2, -0.15) is 0 Å². The number of halogens is 1. The zero-order valence-electron chi connectivity index (χ0n) is 8.91. The second-order valence-electron chi connectivity index (χ2n) is 4.03. The molecule has 0 aliphatic heterocycles. The lowest BCUT2D eigenvalue weighted by molar-refractivity contribution is 0.337. The summed E-state index contributed by atoms with van der Waals surface area (Å²) < 4.78 is 1.02. The number of pyridine rings is 1. The number of rotatable bonds is 5. The molecule has 0 bridgehead atoms. The highest BCUT2D eigenvalue weighted by Crippen LogP contribution is 2.24. The van der Waals surface area contributed by atoms with E-state index in [4.69, 9.17) is 0 Å². The first kappa shape index (κ1) is 10.9. The standard InChI is InChI=1S/C11H16BrN3/c1-15(11-2-3-11)5-4-14-10-6-9(12)7-13-8-10/h6-8,11,14H,2-5H2,1H3. The van der Waals surface area contributed by atoms with Gasteiger partial charge in [-0.3, -0.25) is 4.98 Å². The van der Waals surface area contributed by atoms with Crippen LogP contribution in [0.15, 0.2) is 22.9 Å². The fraction of sp³-hybridized carbons (Fsp3) is 0.545. The van der Waals surface area contributed by atoms with Crippen LogP contribution in [0.3, 0.4) is 0 Å². The number of hydrogen-bond acceptors (Lipinski definition) is 3. The van der Waals surface area contributed by atoms with Crippen LogP contribution in [0.4, 0.5) is 5.69 Å². The first-order valence-electron chi connectivity index (χ1n) is 5.30. The number of nitrogens with zero attached hydrogens (tertiary/aromatic N) is 2. The van der Waals surface area contributed by atoms with Gasteiger partial charge < -0.3 is 10.2 Å². The Morgan fingerprint density at radius 2 is 2.33 bits per heavy atom. The van der Waals surface area contributed by atoms with Crippen molar-refractivity contribution in [2.45, 2.75) is 18.9 Å². The average Bonchev–Trinajstić information content (AvgIpc) is 3.00. The molecule has 3 nitrogen and oxygen atoms in total. The van der Waals surface area contributed by atoms with Gasteiger partial charge in [0.05, 0.1) is 11.9 Å². The smallest absolute Gasteiger partial charge is 0.0538 e. The molecule has 1 heterocycles. The molecule has 0 unspecified atom stereocenters. The lowest BCUT2D eigenvalue weighted by Gasteiger charge is -2.16. The van der Waals surface area contributed by atoms with Crippen molar-refractivity contribution < 1.29 is 0 Å². The number of likely N-dealkylation sites (N-methyl/N-ethyl adjacent to an activating group) is 1. The van der Waals surface area contributed by atoms with Crippen molar-refractivity contribution in [1.29, 1.82) is 0 Å². The minimum Gasteiger partial charge on any atom is -0.382 e. The Morgan fingerprint density at radius 3 is 3.00 bits per heavy atom. The van der Waals surface area contributed by atoms with Crippen molar-refractivity contribution in [3.8, 4) is 0 Å². The summed E-state index contributed by atoms with van der Waals surface area (Å²) in [4.78, 5) is 6.52. The molecular formula is C11H16BrN3. The van der Waals surface area contributed by atoms with Gasteiger partial charge in [0.1, 0.15) is 0 Å². The molecule has 0 atom stereocenters. The number of hydrogen-bond donors (Lipinski definition) is 1. The van der Waals surface area contributed by atoms with Gasteiger partial charge in [-0.25, -0.2) is 0 Å². The zero-order chi connectivity index (χ0) is 10.7. The average molecular weight is 270 g/mol. The summed E-state index contributed by atoms with van der Waals surface area (Å²) in [6.07, 6.45) is 6.38. The Morgan fingerprint density at radius 1 is 1.53 bits per heavy atom. The van der Waals surface area contributed by atoms with Gasteiger partial charge in [0.25, 0.3) is 0 Å². The molecule has 82 valence electrons. The van der Waals surface area contributed by atoms with E-state index in [0.29, 0.717) is 0 Å². The second-order valence-corrected chi connectivity index (χ2v) is 4.95. The van der Waals surface area contributed by atoms with Gasteiger partial charge in [-0.05, 0) is 41.9 Å². The molecule has 0 saturated heterocycles. The van der Waals surface area contributed by atoms with Crippen molar-refractivity contribution in [2.75, 3.05) is 25.5 Å². The number of anilines is 1. The normalized spacial score (nSPS) is 15.7. The third kappa shape index (κ3) is 3.47. The molecule has 1 N–H and O–H groups in total. The van der Waals surface area contributed by atoms with Crippen molar-refractivity contribution in [3.05, 3.63) is 22.9 Å². The van der Waals surface area contributed by atoms with Crippen LogP contribution < -0.4 is 5.32 Å². The Hall–Kier alpha value is -0.610. The number of aromatic nitrogens is 1. The monoisotopic (exact) mass is 269 g/mol. The SMILES string of the molecule is CN(CCNc1cncc(Br)c1)C1CC1. The van der Waals surface area contributed by atoms with Crippen LogP contribution >= 0.6 is 15.9 Å². The molecule has 1 aliphatic rings. The second kappa shape index (κ2) is 4.94. The molecule has 0 amide bonds. The predicted octanol–water partition coefficient (Wildman–Crippen LogP) is 2.35. The summed E-state index contributed by atoms with van der Waals surface area (Å²) in [5.41, 5.74) is 1.08.